The van der Waals surface area contributed by atoms with Crippen LogP contribution < -0.4 is 5.32 Å². The van der Waals surface area contributed by atoms with Gasteiger partial charge >= 0.3 is 0 Å². The average Bonchev–Trinajstić information content (AvgIpc) is 2.71. The first-order valence-electron chi connectivity index (χ1n) is 7.36. The normalized spacial score (nSPS) is 18.7. The van der Waals surface area contributed by atoms with Crippen LogP contribution in [0.2, 0.25) is 0 Å². The van der Waals surface area contributed by atoms with Crippen LogP contribution in [0.5, 0.6) is 0 Å². The van der Waals surface area contributed by atoms with Crippen molar-refractivity contribution in [3.05, 3.63) is 28.2 Å². The summed E-state index contributed by atoms with van der Waals surface area (Å²) >= 11 is 3.49. The Bertz CT molecular complexity index is 555. The number of amides is 2. The molecular formula is C16H21BrN2O2. The summed E-state index contributed by atoms with van der Waals surface area (Å²) in [5, 5.41) is 3.19. The Morgan fingerprint density at radius 3 is 2.57 bits per heavy atom. The standard InChI is InChI=1S/C16H21BrN2O2/c1-4-11(5-2)19-15(20)9-14(16(19)21)18-13-7-6-10(3)8-12(13)17/h6-8,11,14,18H,4-5,9H2,1-3H3. The molecule has 1 heterocycles. The van der Waals surface area contributed by atoms with Crippen molar-refractivity contribution in [3.63, 3.8) is 0 Å². The van der Waals surface area contributed by atoms with Crippen molar-refractivity contribution in [2.45, 2.75) is 52.1 Å². The molecular weight excluding hydrogens is 332 g/mol. The first-order valence-corrected chi connectivity index (χ1v) is 8.15. The van der Waals surface area contributed by atoms with Crippen LogP contribution in [-0.2, 0) is 9.59 Å². The number of benzene rings is 1. The number of carbonyl (C=O) groups excluding carboxylic acids is 2. The maximum absolute atomic E-state index is 12.5. The van der Waals surface area contributed by atoms with E-state index in [4.69, 9.17) is 0 Å². The molecule has 21 heavy (non-hydrogen) atoms. The zero-order valence-electron chi connectivity index (χ0n) is 12.6. The largest absolute Gasteiger partial charge is 0.372 e. The second-order valence-corrected chi connectivity index (χ2v) is 6.31. The molecule has 1 unspecified atom stereocenters. The van der Waals surface area contributed by atoms with Gasteiger partial charge in [0.25, 0.3) is 5.91 Å². The Morgan fingerprint density at radius 2 is 2.00 bits per heavy atom. The number of hydrogen-bond donors (Lipinski definition) is 1. The molecule has 1 saturated heterocycles. The third kappa shape index (κ3) is 3.28. The van der Waals surface area contributed by atoms with Crippen molar-refractivity contribution in [2.75, 3.05) is 5.32 Å². The molecule has 0 aromatic heterocycles. The quantitative estimate of drug-likeness (QED) is 0.825. The third-order valence-corrected chi connectivity index (χ3v) is 4.60. The van der Waals surface area contributed by atoms with Crippen molar-refractivity contribution >= 4 is 33.4 Å². The van der Waals surface area contributed by atoms with Crippen LogP contribution in [-0.4, -0.2) is 28.8 Å². The fourth-order valence-electron chi connectivity index (χ4n) is 2.73. The van der Waals surface area contributed by atoms with E-state index in [1.807, 2.05) is 39.0 Å². The summed E-state index contributed by atoms with van der Waals surface area (Å²) in [5.41, 5.74) is 1.98. The minimum atomic E-state index is -0.461. The van der Waals surface area contributed by atoms with E-state index in [1.165, 1.54) is 4.90 Å². The van der Waals surface area contributed by atoms with Crippen LogP contribution in [0.1, 0.15) is 38.7 Å². The van der Waals surface area contributed by atoms with Crippen molar-refractivity contribution in [1.29, 1.82) is 0 Å². The Labute approximate surface area is 134 Å². The lowest BCUT2D eigenvalue weighted by Gasteiger charge is -2.24. The molecule has 1 aromatic rings. The van der Waals surface area contributed by atoms with E-state index in [2.05, 4.69) is 21.2 Å². The molecule has 1 N–H and O–H groups in total. The fraction of sp³-hybridized carbons (Fsp3) is 0.500. The van der Waals surface area contributed by atoms with Gasteiger partial charge in [-0.15, -0.1) is 0 Å². The number of anilines is 1. The SMILES string of the molecule is CCC(CC)N1C(=O)CC(Nc2ccc(C)cc2Br)C1=O. The molecule has 5 heteroatoms. The van der Waals surface area contributed by atoms with Crippen LogP contribution in [0.15, 0.2) is 22.7 Å². The van der Waals surface area contributed by atoms with E-state index in [0.29, 0.717) is 0 Å². The van der Waals surface area contributed by atoms with Gasteiger partial charge in [-0.05, 0) is 53.4 Å². The minimum Gasteiger partial charge on any atom is -0.372 e. The summed E-state index contributed by atoms with van der Waals surface area (Å²) in [6, 6.07) is 5.45. The number of nitrogens with zero attached hydrogens (tertiary/aromatic N) is 1. The zero-order valence-corrected chi connectivity index (χ0v) is 14.2. The fourth-order valence-corrected chi connectivity index (χ4v) is 3.33. The van der Waals surface area contributed by atoms with E-state index in [9.17, 15) is 9.59 Å². The molecule has 1 fully saturated rings. The number of hydrogen-bond acceptors (Lipinski definition) is 3. The van der Waals surface area contributed by atoms with Crippen LogP contribution in [0, 0.1) is 6.92 Å². The molecule has 4 nitrogen and oxygen atoms in total. The summed E-state index contributed by atoms with van der Waals surface area (Å²) in [7, 11) is 0. The van der Waals surface area contributed by atoms with Crippen LogP contribution in [0.3, 0.4) is 0 Å². The molecule has 0 radical (unpaired) electrons. The van der Waals surface area contributed by atoms with Gasteiger partial charge in [0.2, 0.25) is 5.91 Å². The molecule has 0 aliphatic carbocycles. The summed E-state index contributed by atoms with van der Waals surface area (Å²) < 4.78 is 0.906. The van der Waals surface area contributed by atoms with E-state index in [-0.39, 0.29) is 24.3 Å². The summed E-state index contributed by atoms with van der Waals surface area (Å²) in [6.45, 7) is 6.02. The van der Waals surface area contributed by atoms with Gasteiger partial charge in [-0.2, -0.15) is 0 Å². The number of aryl methyl sites for hydroxylation is 1. The predicted octanol–water partition coefficient (Wildman–Crippen LogP) is 3.49. The Balaban J connectivity index is 2.15. The highest BCUT2D eigenvalue weighted by Gasteiger charge is 2.41. The number of imide groups is 1. The highest BCUT2D eigenvalue weighted by atomic mass is 79.9. The lowest BCUT2D eigenvalue weighted by Crippen LogP contribution is -2.41. The third-order valence-electron chi connectivity index (χ3n) is 3.94. The molecule has 1 aromatic carbocycles. The molecule has 1 aliphatic rings. The van der Waals surface area contributed by atoms with E-state index < -0.39 is 6.04 Å². The predicted molar refractivity (Wildman–Crippen MR) is 87.1 cm³/mol. The highest BCUT2D eigenvalue weighted by Crippen LogP contribution is 2.28. The maximum atomic E-state index is 12.5. The van der Waals surface area contributed by atoms with Gasteiger partial charge in [-0.25, -0.2) is 0 Å². The van der Waals surface area contributed by atoms with Crippen molar-refractivity contribution < 1.29 is 9.59 Å². The van der Waals surface area contributed by atoms with Gasteiger partial charge in [-0.3, -0.25) is 14.5 Å². The number of carbonyl (C=O) groups is 2. The minimum absolute atomic E-state index is 0.0123. The summed E-state index contributed by atoms with van der Waals surface area (Å²) in [4.78, 5) is 26.1. The van der Waals surface area contributed by atoms with Crippen molar-refractivity contribution in [2.24, 2.45) is 0 Å². The summed E-state index contributed by atoms with van der Waals surface area (Å²) in [6.07, 6.45) is 1.83. The van der Waals surface area contributed by atoms with Gasteiger partial charge in [0.05, 0.1) is 6.42 Å². The number of likely N-dealkylation sites (tertiary alicyclic amines) is 1. The molecule has 114 valence electrons. The number of nitrogens with one attached hydrogen (secondary N) is 1. The lowest BCUT2D eigenvalue weighted by molar-refractivity contribution is -0.141. The second-order valence-electron chi connectivity index (χ2n) is 5.46. The van der Waals surface area contributed by atoms with Crippen molar-refractivity contribution in [1.82, 2.24) is 4.90 Å². The molecule has 1 aliphatic heterocycles. The first kappa shape index (κ1) is 16.0. The summed E-state index contributed by atoms with van der Waals surface area (Å²) in [5.74, 6) is -0.185. The average molecular weight is 353 g/mol. The molecule has 0 saturated carbocycles. The topological polar surface area (TPSA) is 49.4 Å². The lowest BCUT2D eigenvalue weighted by atomic mass is 10.1. The smallest absolute Gasteiger partial charge is 0.252 e. The van der Waals surface area contributed by atoms with Crippen molar-refractivity contribution in [3.8, 4) is 0 Å². The van der Waals surface area contributed by atoms with Crippen LogP contribution >= 0.6 is 15.9 Å². The number of halogens is 1. The molecule has 0 bridgehead atoms. The Morgan fingerprint density at radius 1 is 1.33 bits per heavy atom. The Kier molecular flexibility index (Phi) is 5.04. The van der Waals surface area contributed by atoms with E-state index in [1.54, 1.807) is 0 Å². The molecule has 2 rings (SSSR count). The van der Waals surface area contributed by atoms with E-state index >= 15 is 0 Å². The van der Waals surface area contributed by atoms with Gasteiger partial charge in [0, 0.05) is 16.2 Å². The van der Waals surface area contributed by atoms with Gasteiger partial charge in [-0.1, -0.05) is 19.9 Å². The zero-order chi connectivity index (χ0) is 15.6. The van der Waals surface area contributed by atoms with Gasteiger partial charge < -0.3 is 5.32 Å². The monoisotopic (exact) mass is 352 g/mol. The highest BCUT2D eigenvalue weighted by molar-refractivity contribution is 9.10. The van der Waals surface area contributed by atoms with Crippen LogP contribution in [0.25, 0.3) is 0 Å². The Hall–Kier alpha value is -1.36. The second kappa shape index (κ2) is 6.60. The molecule has 0 spiro atoms. The number of rotatable bonds is 5. The van der Waals surface area contributed by atoms with E-state index in [0.717, 1.165) is 28.6 Å². The van der Waals surface area contributed by atoms with Crippen LogP contribution in [0.4, 0.5) is 5.69 Å². The van der Waals surface area contributed by atoms with Gasteiger partial charge in [0.15, 0.2) is 0 Å². The maximum Gasteiger partial charge on any atom is 0.252 e. The molecule has 1 atom stereocenters. The first-order chi connectivity index (χ1) is 9.97. The van der Waals surface area contributed by atoms with Gasteiger partial charge in [0.1, 0.15) is 6.04 Å². The molecule has 2 amide bonds.